The van der Waals surface area contributed by atoms with Crippen LogP contribution in [0.25, 0.3) is 0 Å². The highest BCUT2D eigenvalue weighted by Crippen LogP contribution is 2.15. The average molecular weight is 254 g/mol. The molecule has 1 aromatic carbocycles. The van der Waals surface area contributed by atoms with Gasteiger partial charge in [-0.05, 0) is 19.9 Å². The minimum atomic E-state index is -1.14. The molecule has 98 valence electrons. The Morgan fingerprint density at radius 2 is 1.83 bits per heavy atom. The molecule has 2 amide bonds. The van der Waals surface area contributed by atoms with Crippen molar-refractivity contribution < 1.29 is 19.1 Å². The second-order valence-corrected chi connectivity index (χ2v) is 3.92. The number of hydrogen-bond donors (Lipinski definition) is 3. The molecule has 0 fully saturated rings. The number of aliphatic carboxylic acids is 1. The molecule has 18 heavy (non-hydrogen) atoms. The van der Waals surface area contributed by atoms with E-state index in [1.54, 1.807) is 25.1 Å². The van der Waals surface area contributed by atoms with Crippen molar-refractivity contribution in [2.24, 2.45) is 0 Å². The van der Waals surface area contributed by atoms with Crippen LogP contribution in [0, 0.1) is 5.82 Å². The summed E-state index contributed by atoms with van der Waals surface area (Å²) in [6.07, 6.45) is 0. The number of halogens is 1. The summed E-state index contributed by atoms with van der Waals surface area (Å²) < 4.78 is 13.4. The Kier molecular flexibility index (Phi) is 4.65. The van der Waals surface area contributed by atoms with Crippen LogP contribution in [0.15, 0.2) is 24.3 Å². The van der Waals surface area contributed by atoms with E-state index in [0.29, 0.717) is 5.56 Å². The summed E-state index contributed by atoms with van der Waals surface area (Å²) in [4.78, 5) is 22.0. The first-order valence-electron chi connectivity index (χ1n) is 5.46. The molecule has 0 spiro atoms. The first-order valence-corrected chi connectivity index (χ1v) is 5.46. The van der Waals surface area contributed by atoms with Gasteiger partial charge in [-0.15, -0.1) is 0 Å². The van der Waals surface area contributed by atoms with Crippen LogP contribution in [0.1, 0.15) is 25.5 Å². The van der Waals surface area contributed by atoms with Gasteiger partial charge in [0, 0.05) is 5.56 Å². The zero-order valence-corrected chi connectivity index (χ0v) is 10.1. The van der Waals surface area contributed by atoms with E-state index >= 15 is 0 Å². The summed E-state index contributed by atoms with van der Waals surface area (Å²) in [7, 11) is 0. The van der Waals surface area contributed by atoms with Crippen molar-refractivity contribution in [2.45, 2.75) is 25.9 Å². The molecule has 0 radical (unpaired) electrons. The Hall–Kier alpha value is -2.11. The van der Waals surface area contributed by atoms with Crippen molar-refractivity contribution in [2.75, 3.05) is 0 Å². The highest BCUT2D eigenvalue weighted by molar-refractivity contribution is 5.82. The molecule has 0 saturated heterocycles. The summed E-state index contributed by atoms with van der Waals surface area (Å²) in [6, 6.07) is 3.87. The van der Waals surface area contributed by atoms with Crippen molar-refractivity contribution in [1.82, 2.24) is 10.6 Å². The molecule has 1 aromatic rings. The topological polar surface area (TPSA) is 78.4 Å². The van der Waals surface area contributed by atoms with Gasteiger partial charge in [0.15, 0.2) is 0 Å². The highest BCUT2D eigenvalue weighted by atomic mass is 19.1. The largest absolute Gasteiger partial charge is 0.480 e. The maximum absolute atomic E-state index is 13.4. The van der Waals surface area contributed by atoms with Crippen molar-refractivity contribution >= 4 is 12.0 Å². The van der Waals surface area contributed by atoms with Crippen molar-refractivity contribution in [3.05, 3.63) is 35.6 Å². The number of carbonyl (C=O) groups is 2. The van der Waals surface area contributed by atoms with E-state index in [9.17, 15) is 14.0 Å². The monoisotopic (exact) mass is 254 g/mol. The first-order chi connectivity index (χ1) is 8.41. The molecule has 0 heterocycles. The maximum atomic E-state index is 13.4. The molecule has 5 nitrogen and oxygen atoms in total. The smallest absolute Gasteiger partial charge is 0.325 e. The van der Waals surface area contributed by atoms with Crippen LogP contribution in [-0.2, 0) is 4.79 Å². The van der Waals surface area contributed by atoms with Gasteiger partial charge in [0.1, 0.15) is 11.9 Å². The normalized spacial score (nSPS) is 13.5. The summed E-state index contributed by atoms with van der Waals surface area (Å²) in [6.45, 7) is 2.96. The van der Waals surface area contributed by atoms with Crippen molar-refractivity contribution in [3.8, 4) is 0 Å². The number of urea groups is 1. The van der Waals surface area contributed by atoms with Crippen LogP contribution in [-0.4, -0.2) is 23.1 Å². The lowest BCUT2D eigenvalue weighted by atomic mass is 10.1. The van der Waals surface area contributed by atoms with E-state index in [-0.39, 0.29) is 0 Å². The molecule has 0 aliphatic carbocycles. The van der Waals surface area contributed by atoms with Gasteiger partial charge in [-0.1, -0.05) is 18.2 Å². The fourth-order valence-electron chi connectivity index (χ4n) is 1.40. The minimum Gasteiger partial charge on any atom is -0.480 e. The van der Waals surface area contributed by atoms with Crippen LogP contribution < -0.4 is 10.6 Å². The van der Waals surface area contributed by atoms with E-state index in [0.717, 1.165) is 0 Å². The number of benzene rings is 1. The molecule has 0 aliphatic rings. The summed E-state index contributed by atoms with van der Waals surface area (Å²) >= 11 is 0. The second-order valence-electron chi connectivity index (χ2n) is 3.92. The average Bonchev–Trinajstić information content (AvgIpc) is 2.28. The fourth-order valence-corrected chi connectivity index (χ4v) is 1.40. The number of amides is 2. The first kappa shape index (κ1) is 14.0. The van der Waals surface area contributed by atoms with Gasteiger partial charge >= 0.3 is 12.0 Å². The predicted octanol–water partition coefficient (Wildman–Crippen LogP) is 1.66. The molecular formula is C12H15FN2O3. The van der Waals surface area contributed by atoms with Crippen LogP contribution in [0.4, 0.5) is 9.18 Å². The lowest BCUT2D eigenvalue weighted by Gasteiger charge is -2.17. The number of carboxylic acid groups (broad SMARTS) is 1. The Balaban J connectivity index is 2.60. The molecule has 0 aliphatic heterocycles. The third-order valence-corrected chi connectivity index (χ3v) is 2.44. The van der Waals surface area contributed by atoms with E-state index in [1.165, 1.54) is 13.0 Å². The second kappa shape index (κ2) is 6.00. The lowest BCUT2D eigenvalue weighted by molar-refractivity contribution is -0.138. The molecule has 1 rings (SSSR count). The van der Waals surface area contributed by atoms with Crippen molar-refractivity contribution in [1.29, 1.82) is 0 Å². The van der Waals surface area contributed by atoms with E-state index < -0.39 is 29.9 Å². The number of carbonyl (C=O) groups excluding carboxylic acids is 1. The fraction of sp³-hybridized carbons (Fsp3) is 0.333. The van der Waals surface area contributed by atoms with E-state index in [2.05, 4.69) is 10.6 Å². The summed E-state index contributed by atoms with van der Waals surface area (Å²) in [5, 5.41) is 13.3. The van der Waals surface area contributed by atoms with Gasteiger partial charge in [-0.2, -0.15) is 0 Å². The van der Waals surface area contributed by atoms with Gasteiger partial charge in [0.05, 0.1) is 6.04 Å². The molecule has 3 N–H and O–H groups in total. The SMILES string of the molecule is CC(NC(=O)N[C@H](C)C(=O)O)c1ccccc1F. The Morgan fingerprint density at radius 3 is 2.39 bits per heavy atom. The quantitative estimate of drug-likeness (QED) is 0.764. The third-order valence-electron chi connectivity index (χ3n) is 2.44. The summed E-state index contributed by atoms with van der Waals surface area (Å²) in [5.74, 6) is -1.56. The van der Waals surface area contributed by atoms with Gasteiger partial charge in [-0.25, -0.2) is 9.18 Å². The van der Waals surface area contributed by atoms with E-state index in [1.807, 2.05) is 0 Å². The minimum absolute atomic E-state index is 0.343. The van der Waals surface area contributed by atoms with Gasteiger partial charge in [-0.3, -0.25) is 4.79 Å². The van der Waals surface area contributed by atoms with Crippen LogP contribution >= 0.6 is 0 Å². The number of rotatable bonds is 4. The van der Waals surface area contributed by atoms with E-state index in [4.69, 9.17) is 5.11 Å². The summed E-state index contributed by atoms with van der Waals surface area (Å²) in [5.41, 5.74) is 0.343. The highest BCUT2D eigenvalue weighted by Gasteiger charge is 2.17. The van der Waals surface area contributed by atoms with Crippen LogP contribution in [0.3, 0.4) is 0 Å². The molecule has 6 heteroatoms. The molecular weight excluding hydrogens is 239 g/mol. The van der Waals surface area contributed by atoms with Crippen molar-refractivity contribution in [3.63, 3.8) is 0 Å². The Labute approximate surface area is 104 Å². The third kappa shape index (κ3) is 3.73. The van der Waals surface area contributed by atoms with Gasteiger partial charge in [0.2, 0.25) is 0 Å². The van der Waals surface area contributed by atoms with Crippen LogP contribution in [0.5, 0.6) is 0 Å². The molecule has 0 aromatic heterocycles. The van der Waals surface area contributed by atoms with Crippen LogP contribution in [0.2, 0.25) is 0 Å². The Morgan fingerprint density at radius 1 is 1.22 bits per heavy atom. The number of hydrogen-bond acceptors (Lipinski definition) is 2. The van der Waals surface area contributed by atoms with Gasteiger partial charge < -0.3 is 15.7 Å². The predicted molar refractivity (Wildman–Crippen MR) is 63.6 cm³/mol. The number of carboxylic acids is 1. The molecule has 2 atom stereocenters. The van der Waals surface area contributed by atoms with Gasteiger partial charge in [0.25, 0.3) is 0 Å². The number of nitrogens with one attached hydrogen (secondary N) is 2. The standard InChI is InChI=1S/C12H15FN2O3/c1-7(9-5-3-4-6-10(9)13)14-12(18)15-8(2)11(16)17/h3-8H,1-2H3,(H,16,17)(H2,14,15,18)/t7?,8-/m1/s1. The Bertz CT molecular complexity index is 451. The molecule has 0 saturated carbocycles. The lowest BCUT2D eigenvalue weighted by Crippen LogP contribution is -2.45. The maximum Gasteiger partial charge on any atom is 0.325 e. The molecule has 0 bridgehead atoms. The molecule has 1 unspecified atom stereocenters. The zero-order chi connectivity index (χ0) is 13.7. The zero-order valence-electron chi connectivity index (χ0n) is 10.1.